The van der Waals surface area contributed by atoms with Gasteiger partial charge in [-0.3, -0.25) is 9.78 Å². The number of anilines is 1. The largest absolute Gasteiger partial charge is 0.397 e. The quantitative estimate of drug-likeness (QED) is 0.868. The minimum atomic E-state index is 0.0547. The molecule has 98 valence electrons. The van der Waals surface area contributed by atoms with Crippen LogP contribution in [-0.2, 0) is 11.2 Å². The SMILES string of the molecule is CSC1CCC(NC(=O)Cc2ccc(N)cn2)C1. The van der Waals surface area contributed by atoms with Crippen molar-refractivity contribution < 1.29 is 4.79 Å². The minimum Gasteiger partial charge on any atom is -0.397 e. The van der Waals surface area contributed by atoms with Crippen LogP contribution >= 0.6 is 11.8 Å². The zero-order valence-corrected chi connectivity index (χ0v) is 11.4. The van der Waals surface area contributed by atoms with Gasteiger partial charge in [-0.25, -0.2) is 0 Å². The second kappa shape index (κ2) is 6.09. The molecule has 5 heteroatoms. The summed E-state index contributed by atoms with van der Waals surface area (Å²) in [6.45, 7) is 0. The van der Waals surface area contributed by atoms with Gasteiger partial charge in [-0.15, -0.1) is 0 Å². The Balaban J connectivity index is 1.80. The lowest BCUT2D eigenvalue weighted by atomic mass is 10.2. The van der Waals surface area contributed by atoms with Gasteiger partial charge in [0.25, 0.3) is 0 Å². The van der Waals surface area contributed by atoms with Gasteiger partial charge in [0.05, 0.1) is 18.3 Å². The third-order valence-electron chi connectivity index (χ3n) is 3.27. The third kappa shape index (κ3) is 3.63. The molecule has 1 aromatic rings. The van der Waals surface area contributed by atoms with Crippen molar-refractivity contribution >= 4 is 23.4 Å². The summed E-state index contributed by atoms with van der Waals surface area (Å²) in [5.41, 5.74) is 6.94. The summed E-state index contributed by atoms with van der Waals surface area (Å²) < 4.78 is 0. The predicted molar refractivity (Wildman–Crippen MR) is 75.4 cm³/mol. The van der Waals surface area contributed by atoms with Gasteiger partial charge in [0.2, 0.25) is 5.91 Å². The Bertz CT molecular complexity index is 407. The van der Waals surface area contributed by atoms with Crippen LogP contribution in [0.5, 0.6) is 0 Å². The number of nitrogens with zero attached hydrogens (tertiary/aromatic N) is 1. The Morgan fingerprint density at radius 2 is 2.39 bits per heavy atom. The van der Waals surface area contributed by atoms with Crippen molar-refractivity contribution in [3.63, 3.8) is 0 Å². The number of nitrogens with two attached hydrogens (primary N) is 1. The Labute approximate surface area is 112 Å². The van der Waals surface area contributed by atoms with Crippen LogP contribution in [0.2, 0.25) is 0 Å². The van der Waals surface area contributed by atoms with E-state index in [1.165, 1.54) is 6.42 Å². The first-order valence-corrected chi connectivity index (χ1v) is 7.48. The molecule has 1 aromatic heterocycles. The number of carbonyl (C=O) groups excluding carboxylic acids is 1. The number of hydrogen-bond acceptors (Lipinski definition) is 4. The molecule has 2 rings (SSSR count). The summed E-state index contributed by atoms with van der Waals surface area (Å²) in [5.74, 6) is 0.0547. The molecule has 1 fully saturated rings. The highest BCUT2D eigenvalue weighted by Gasteiger charge is 2.25. The lowest BCUT2D eigenvalue weighted by Gasteiger charge is -2.12. The molecule has 2 unspecified atom stereocenters. The number of thioether (sulfide) groups is 1. The van der Waals surface area contributed by atoms with Gasteiger partial charge in [-0.1, -0.05) is 0 Å². The van der Waals surface area contributed by atoms with Crippen LogP contribution < -0.4 is 11.1 Å². The van der Waals surface area contributed by atoms with Crippen LogP contribution in [0.15, 0.2) is 18.3 Å². The zero-order chi connectivity index (χ0) is 13.0. The fourth-order valence-corrected chi connectivity index (χ4v) is 3.07. The van der Waals surface area contributed by atoms with Crippen molar-refractivity contribution in [2.75, 3.05) is 12.0 Å². The molecule has 0 spiro atoms. The molecule has 0 aliphatic heterocycles. The zero-order valence-electron chi connectivity index (χ0n) is 10.6. The van der Waals surface area contributed by atoms with E-state index < -0.39 is 0 Å². The van der Waals surface area contributed by atoms with Gasteiger partial charge < -0.3 is 11.1 Å². The van der Waals surface area contributed by atoms with E-state index in [9.17, 15) is 4.79 Å². The molecular weight excluding hydrogens is 246 g/mol. The normalized spacial score (nSPS) is 22.9. The first kappa shape index (κ1) is 13.2. The number of pyridine rings is 1. The number of aromatic nitrogens is 1. The summed E-state index contributed by atoms with van der Waals surface area (Å²) in [7, 11) is 0. The van der Waals surface area contributed by atoms with Crippen LogP contribution in [-0.4, -0.2) is 28.4 Å². The van der Waals surface area contributed by atoms with E-state index in [-0.39, 0.29) is 5.91 Å². The molecule has 1 amide bonds. The molecule has 0 aromatic carbocycles. The monoisotopic (exact) mass is 265 g/mol. The maximum Gasteiger partial charge on any atom is 0.226 e. The van der Waals surface area contributed by atoms with Crippen molar-refractivity contribution in [2.45, 2.75) is 37.0 Å². The minimum absolute atomic E-state index is 0.0547. The van der Waals surface area contributed by atoms with E-state index in [0.29, 0.717) is 23.4 Å². The maximum absolute atomic E-state index is 11.9. The Hall–Kier alpha value is -1.23. The Kier molecular flexibility index (Phi) is 4.47. The fourth-order valence-electron chi connectivity index (χ4n) is 2.27. The summed E-state index contributed by atoms with van der Waals surface area (Å²) in [4.78, 5) is 16.0. The highest BCUT2D eigenvalue weighted by molar-refractivity contribution is 7.99. The molecule has 18 heavy (non-hydrogen) atoms. The van der Waals surface area contributed by atoms with Gasteiger partial charge >= 0.3 is 0 Å². The van der Waals surface area contributed by atoms with E-state index in [1.807, 2.05) is 11.8 Å². The maximum atomic E-state index is 11.9. The van der Waals surface area contributed by atoms with Crippen LogP contribution in [0.25, 0.3) is 0 Å². The summed E-state index contributed by atoms with van der Waals surface area (Å²) in [6.07, 6.45) is 7.43. The average molecular weight is 265 g/mol. The molecule has 2 atom stereocenters. The summed E-state index contributed by atoms with van der Waals surface area (Å²) >= 11 is 1.89. The van der Waals surface area contributed by atoms with Crippen LogP contribution in [0, 0.1) is 0 Å². The molecule has 1 aliphatic carbocycles. The molecule has 1 saturated carbocycles. The highest BCUT2D eigenvalue weighted by atomic mass is 32.2. The van der Waals surface area contributed by atoms with Crippen LogP contribution in [0.3, 0.4) is 0 Å². The number of nitrogens with one attached hydrogen (secondary N) is 1. The average Bonchev–Trinajstić information content (AvgIpc) is 2.79. The lowest BCUT2D eigenvalue weighted by molar-refractivity contribution is -0.121. The molecule has 0 bridgehead atoms. The van der Waals surface area contributed by atoms with Crippen LogP contribution in [0.1, 0.15) is 25.0 Å². The third-order valence-corrected chi connectivity index (χ3v) is 4.37. The first-order chi connectivity index (χ1) is 8.67. The summed E-state index contributed by atoms with van der Waals surface area (Å²) in [5, 5.41) is 3.78. The van der Waals surface area contributed by atoms with Gasteiger partial charge in [0, 0.05) is 17.0 Å². The molecule has 0 saturated heterocycles. The number of carbonyl (C=O) groups is 1. The van der Waals surface area contributed by atoms with Crippen molar-refractivity contribution in [1.82, 2.24) is 10.3 Å². The molecular formula is C13H19N3OS. The lowest BCUT2D eigenvalue weighted by Crippen LogP contribution is -2.34. The van der Waals surface area contributed by atoms with E-state index in [4.69, 9.17) is 5.73 Å². The molecule has 0 radical (unpaired) electrons. The van der Waals surface area contributed by atoms with Crippen LogP contribution in [0.4, 0.5) is 5.69 Å². The second-order valence-corrected chi connectivity index (χ2v) is 5.83. The standard InChI is InChI=1S/C13H19N3OS/c1-18-12-5-4-11(6-12)16-13(17)7-10-3-2-9(14)8-15-10/h2-3,8,11-12H,4-7,14H2,1H3,(H,16,17). The van der Waals surface area contributed by atoms with Gasteiger partial charge in [0.1, 0.15) is 0 Å². The van der Waals surface area contributed by atoms with Crippen molar-refractivity contribution in [2.24, 2.45) is 0 Å². The molecule has 4 nitrogen and oxygen atoms in total. The van der Waals surface area contributed by atoms with Crippen molar-refractivity contribution in [3.05, 3.63) is 24.0 Å². The molecule has 1 heterocycles. The highest BCUT2D eigenvalue weighted by Crippen LogP contribution is 2.28. The Morgan fingerprint density at radius 1 is 1.56 bits per heavy atom. The van der Waals surface area contributed by atoms with Crippen molar-refractivity contribution in [1.29, 1.82) is 0 Å². The predicted octanol–water partition coefficient (Wildman–Crippen LogP) is 1.61. The number of rotatable bonds is 4. The summed E-state index contributed by atoms with van der Waals surface area (Å²) in [6, 6.07) is 3.91. The number of nitrogen functional groups attached to an aromatic ring is 1. The fraction of sp³-hybridized carbons (Fsp3) is 0.538. The first-order valence-electron chi connectivity index (χ1n) is 6.20. The topological polar surface area (TPSA) is 68.0 Å². The van der Waals surface area contributed by atoms with Gasteiger partial charge in [-0.05, 0) is 37.7 Å². The second-order valence-electron chi connectivity index (χ2n) is 4.69. The molecule has 1 aliphatic rings. The smallest absolute Gasteiger partial charge is 0.226 e. The number of hydrogen-bond donors (Lipinski definition) is 2. The Morgan fingerprint density at radius 3 is 3.00 bits per heavy atom. The van der Waals surface area contributed by atoms with Crippen molar-refractivity contribution in [3.8, 4) is 0 Å². The van der Waals surface area contributed by atoms with Gasteiger partial charge in [-0.2, -0.15) is 11.8 Å². The van der Waals surface area contributed by atoms with E-state index >= 15 is 0 Å². The van der Waals surface area contributed by atoms with E-state index in [0.717, 1.165) is 18.5 Å². The van der Waals surface area contributed by atoms with E-state index in [2.05, 4.69) is 16.6 Å². The van der Waals surface area contributed by atoms with E-state index in [1.54, 1.807) is 18.3 Å². The van der Waals surface area contributed by atoms with Gasteiger partial charge in [0.15, 0.2) is 0 Å². The molecule has 3 N–H and O–H groups in total. The number of amides is 1.